The lowest BCUT2D eigenvalue weighted by Crippen LogP contribution is -2.34. The third kappa shape index (κ3) is 5.72. The van der Waals surface area contributed by atoms with Crippen molar-refractivity contribution in [1.29, 1.82) is 0 Å². The number of aryl methyl sites for hydroxylation is 1. The number of hydrogen-bond donors (Lipinski definition) is 0. The molecule has 4 aromatic rings. The molecule has 7 heteroatoms. The molecule has 0 fully saturated rings. The van der Waals surface area contributed by atoms with Gasteiger partial charge in [-0.25, -0.2) is 9.07 Å². The maximum Gasteiger partial charge on any atom is 0.255 e. The quantitative estimate of drug-likeness (QED) is 0.267. The Morgan fingerprint density at radius 1 is 1.03 bits per heavy atom. The predicted molar refractivity (Wildman–Crippen MR) is 136 cm³/mol. The topological polar surface area (TPSA) is 47.4 Å². The Labute approximate surface area is 209 Å². The number of nitrogens with zero attached hydrogens (tertiary/aromatic N) is 3. The molecular formula is C28H27ClFN3O2. The van der Waals surface area contributed by atoms with Crippen molar-refractivity contribution in [2.75, 3.05) is 6.54 Å². The molecule has 4 rings (SSSR count). The smallest absolute Gasteiger partial charge is 0.255 e. The maximum absolute atomic E-state index is 13.6. The van der Waals surface area contributed by atoms with Gasteiger partial charge in [-0.2, -0.15) is 5.10 Å². The van der Waals surface area contributed by atoms with Crippen LogP contribution < -0.4 is 4.74 Å². The van der Waals surface area contributed by atoms with Crippen LogP contribution in [-0.4, -0.2) is 27.1 Å². The van der Waals surface area contributed by atoms with Gasteiger partial charge in [-0.3, -0.25) is 4.79 Å². The zero-order valence-corrected chi connectivity index (χ0v) is 20.7. The molecule has 1 amide bonds. The van der Waals surface area contributed by atoms with Crippen molar-refractivity contribution in [3.05, 3.63) is 101 Å². The Kier molecular flexibility index (Phi) is 7.51. The number of amides is 1. The highest BCUT2D eigenvalue weighted by molar-refractivity contribution is 6.33. The number of ether oxygens (including phenoxy) is 1. The van der Waals surface area contributed by atoms with E-state index in [2.05, 4.69) is 13.8 Å². The van der Waals surface area contributed by atoms with E-state index in [4.69, 9.17) is 21.4 Å². The number of aromatic nitrogens is 2. The van der Waals surface area contributed by atoms with E-state index in [1.54, 1.807) is 53.0 Å². The number of halogens is 2. The van der Waals surface area contributed by atoms with Gasteiger partial charge in [-0.15, -0.1) is 0 Å². The minimum Gasteiger partial charge on any atom is -0.439 e. The second-order valence-corrected chi connectivity index (χ2v) is 9.14. The van der Waals surface area contributed by atoms with Gasteiger partial charge in [0.15, 0.2) is 0 Å². The molecule has 0 unspecified atom stereocenters. The van der Waals surface area contributed by atoms with Crippen molar-refractivity contribution in [2.24, 2.45) is 13.0 Å². The number of carbonyl (C=O) groups excluding carboxylic acids is 1. The van der Waals surface area contributed by atoms with Gasteiger partial charge in [0.25, 0.3) is 5.91 Å². The molecule has 0 saturated carbocycles. The first kappa shape index (κ1) is 24.5. The molecule has 0 saturated heterocycles. The fraction of sp³-hybridized carbons (Fsp3) is 0.214. The van der Waals surface area contributed by atoms with E-state index in [0.717, 1.165) is 11.1 Å². The van der Waals surface area contributed by atoms with Crippen LogP contribution >= 0.6 is 11.6 Å². The minimum absolute atomic E-state index is 0.167. The van der Waals surface area contributed by atoms with Crippen LogP contribution in [-0.2, 0) is 13.6 Å². The lowest BCUT2D eigenvalue weighted by atomic mass is 10.1. The van der Waals surface area contributed by atoms with E-state index in [9.17, 15) is 9.18 Å². The number of carbonyl (C=O) groups is 1. The Hall–Kier alpha value is -3.64. The summed E-state index contributed by atoms with van der Waals surface area (Å²) >= 11 is 6.37. The third-order valence-corrected chi connectivity index (χ3v) is 5.82. The van der Waals surface area contributed by atoms with Crippen LogP contribution in [0.2, 0.25) is 5.02 Å². The van der Waals surface area contributed by atoms with Crippen LogP contribution in [0.25, 0.3) is 11.3 Å². The minimum atomic E-state index is -0.346. The zero-order chi connectivity index (χ0) is 24.9. The van der Waals surface area contributed by atoms with E-state index in [1.807, 2.05) is 30.3 Å². The molecule has 0 atom stereocenters. The summed E-state index contributed by atoms with van der Waals surface area (Å²) in [5.74, 6) is 0.667. The molecular weight excluding hydrogens is 465 g/mol. The van der Waals surface area contributed by atoms with Crippen molar-refractivity contribution < 1.29 is 13.9 Å². The summed E-state index contributed by atoms with van der Waals surface area (Å²) in [5, 5.41) is 5.14. The second-order valence-electron chi connectivity index (χ2n) is 8.74. The molecule has 0 aliphatic carbocycles. The van der Waals surface area contributed by atoms with Crippen molar-refractivity contribution in [3.63, 3.8) is 0 Å². The van der Waals surface area contributed by atoms with Crippen LogP contribution in [0.15, 0.2) is 78.9 Å². The van der Waals surface area contributed by atoms with Crippen LogP contribution in [0, 0.1) is 11.7 Å². The number of hydrogen-bond acceptors (Lipinski definition) is 3. The van der Waals surface area contributed by atoms with E-state index in [-0.39, 0.29) is 24.2 Å². The van der Waals surface area contributed by atoms with Gasteiger partial charge in [0.1, 0.15) is 17.3 Å². The lowest BCUT2D eigenvalue weighted by Gasteiger charge is -2.25. The van der Waals surface area contributed by atoms with Gasteiger partial charge < -0.3 is 9.64 Å². The van der Waals surface area contributed by atoms with Crippen molar-refractivity contribution >= 4 is 17.5 Å². The summed E-state index contributed by atoms with van der Waals surface area (Å²) in [4.78, 5) is 15.4. The standard InChI is InChI=1S/C28H27ClFN3O2/c1-19(2)17-33(27(34)23-11-7-8-12-25(23)29)18-24-26(20-9-5-4-6-10-20)31-32(3)28(24)35-22-15-13-21(30)14-16-22/h4-16,19H,17-18H2,1-3H3. The van der Waals surface area contributed by atoms with E-state index in [0.29, 0.717) is 34.5 Å². The predicted octanol–water partition coefficient (Wildman–Crippen LogP) is 6.97. The average molecular weight is 492 g/mol. The first-order valence-electron chi connectivity index (χ1n) is 11.4. The summed E-state index contributed by atoms with van der Waals surface area (Å²) in [6.45, 7) is 4.90. The molecule has 180 valence electrons. The highest BCUT2D eigenvalue weighted by Gasteiger charge is 2.26. The van der Waals surface area contributed by atoms with Crippen molar-refractivity contribution in [1.82, 2.24) is 14.7 Å². The number of rotatable bonds is 8. The van der Waals surface area contributed by atoms with E-state index >= 15 is 0 Å². The fourth-order valence-electron chi connectivity index (χ4n) is 3.92. The van der Waals surface area contributed by atoms with Crippen LogP contribution in [0.3, 0.4) is 0 Å². The Morgan fingerprint density at radius 3 is 2.34 bits per heavy atom. The van der Waals surface area contributed by atoms with Gasteiger partial charge in [0.05, 0.1) is 22.7 Å². The normalized spacial score (nSPS) is 11.0. The third-order valence-electron chi connectivity index (χ3n) is 5.49. The molecule has 5 nitrogen and oxygen atoms in total. The van der Waals surface area contributed by atoms with E-state index in [1.165, 1.54) is 12.1 Å². The molecule has 0 N–H and O–H groups in total. The zero-order valence-electron chi connectivity index (χ0n) is 19.9. The Morgan fingerprint density at radius 2 is 1.69 bits per heavy atom. The van der Waals surface area contributed by atoms with Crippen LogP contribution in [0.5, 0.6) is 11.6 Å². The summed E-state index contributed by atoms with van der Waals surface area (Å²) in [6, 6.07) is 22.6. The first-order valence-corrected chi connectivity index (χ1v) is 11.8. The largest absolute Gasteiger partial charge is 0.439 e. The monoisotopic (exact) mass is 491 g/mol. The first-order chi connectivity index (χ1) is 16.8. The van der Waals surface area contributed by atoms with Gasteiger partial charge in [-0.05, 0) is 42.3 Å². The van der Waals surface area contributed by atoms with Crippen LogP contribution in [0.1, 0.15) is 29.8 Å². The average Bonchev–Trinajstić information content (AvgIpc) is 3.15. The summed E-state index contributed by atoms with van der Waals surface area (Å²) in [5.41, 5.74) is 2.82. The Bertz CT molecular complexity index is 1300. The van der Waals surface area contributed by atoms with Gasteiger partial charge in [0.2, 0.25) is 5.88 Å². The lowest BCUT2D eigenvalue weighted by molar-refractivity contribution is 0.0722. The highest BCUT2D eigenvalue weighted by atomic mass is 35.5. The SMILES string of the molecule is CC(C)CN(Cc1c(-c2ccccc2)nn(C)c1Oc1ccc(F)cc1)C(=O)c1ccccc1Cl. The summed E-state index contributed by atoms with van der Waals surface area (Å²) in [7, 11) is 1.79. The molecule has 1 aromatic heterocycles. The molecule has 0 aliphatic rings. The van der Waals surface area contributed by atoms with Gasteiger partial charge in [-0.1, -0.05) is 67.9 Å². The molecule has 3 aromatic carbocycles. The molecule has 1 heterocycles. The molecule has 0 bridgehead atoms. The van der Waals surface area contributed by atoms with Gasteiger partial charge >= 0.3 is 0 Å². The molecule has 0 aliphatic heterocycles. The van der Waals surface area contributed by atoms with Crippen molar-refractivity contribution in [2.45, 2.75) is 20.4 Å². The number of benzene rings is 3. The van der Waals surface area contributed by atoms with E-state index < -0.39 is 0 Å². The van der Waals surface area contributed by atoms with Crippen LogP contribution in [0.4, 0.5) is 4.39 Å². The summed E-state index contributed by atoms with van der Waals surface area (Å²) < 4.78 is 21.3. The molecule has 0 spiro atoms. The molecule has 0 radical (unpaired) electrons. The second kappa shape index (κ2) is 10.7. The van der Waals surface area contributed by atoms with Crippen molar-refractivity contribution in [3.8, 4) is 22.9 Å². The highest BCUT2D eigenvalue weighted by Crippen LogP contribution is 2.35. The maximum atomic E-state index is 13.6. The Balaban J connectivity index is 1.79. The molecule has 35 heavy (non-hydrogen) atoms. The fourth-order valence-corrected chi connectivity index (χ4v) is 4.14. The van der Waals surface area contributed by atoms with Gasteiger partial charge in [0, 0.05) is 19.2 Å². The summed E-state index contributed by atoms with van der Waals surface area (Å²) in [6.07, 6.45) is 0.